The molecule has 2 aromatic rings. The zero-order valence-corrected chi connectivity index (χ0v) is 13.9. The molecule has 0 saturated carbocycles. The summed E-state index contributed by atoms with van der Waals surface area (Å²) < 4.78 is 18.9. The molecular formula is C18H20FN3O3. The van der Waals surface area contributed by atoms with Crippen LogP contribution in [-0.4, -0.2) is 45.1 Å². The number of aliphatic carboxylic acids is 1. The van der Waals surface area contributed by atoms with Gasteiger partial charge in [-0.2, -0.15) is 0 Å². The van der Waals surface area contributed by atoms with Gasteiger partial charge in [0.2, 0.25) is 0 Å². The lowest BCUT2D eigenvalue weighted by Gasteiger charge is -2.35. The molecule has 1 aliphatic rings. The van der Waals surface area contributed by atoms with Crippen molar-refractivity contribution in [2.75, 3.05) is 13.1 Å². The first kappa shape index (κ1) is 17.3. The first-order valence-electron chi connectivity index (χ1n) is 8.20. The molecule has 1 aromatic carbocycles. The Morgan fingerprint density at radius 3 is 2.40 bits per heavy atom. The molecule has 0 amide bonds. The number of halogens is 1. The van der Waals surface area contributed by atoms with Gasteiger partial charge in [-0.3, -0.25) is 9.69 Å². The Balaban J connectivity index is 1.62. The van der Waals surface area contributed by atoms with E-state index in [1.165, 1.54) is 24.3 Å². The van der Waals surface area contributed by atoms with Crippen molar-refractivity contribution in [3.63, 3.8) is 0 Å². The first-order chi connectivity index (χ1) is 12.0. The van der Waals surface area contributed by atoms with Crippen LogP contribution in [0.1, 0.15) is 30.0 Å². The number of carboxylic acids is 1. The zero-order valence-electron chi connectivity index (χ0n) is 13.9. The molecular weight excluding hydrogens is 325 g/mol. The van der Waals surface area contributed by atoms with Gasteiger partial charge in [0.15, 0.2) is 0 Å². The summed E-state index contributed by atoms with van der Waals surface area (Å²) in [6.45, 7) is 3.06. The summed E-state index contributed by atoms with van der Waals surface area (Å²) in [7, 11) is 0. The second kappa shape index (κ2) is 7.57. The van der Waals surface area contributed by atoms with Crippen molar-refractivity contribution in [1.29, 1.82) is 0 Å². The van der Waals surface area contributed by atoms with Crippen LogP contribution >= 0.6 is 0 Å². The number of piperidine rings is 1. The third kappa shape index (κ3) is 4.30. The standard InChI is InChI=1S/C18H20FN3O3/c1-12-10-20-18(21-11-12)25-15-6-8-22(9-7-15)16(17(23)24)13-2-4-14(19)5-3-13/h2-5,10-11,15-16H,6-9H2,1H3,(H,23,24). The van der Waals surface area contributed by atoms with Crippen LogP contribution in [0.2, 0.25) is 0 Å². The van der Waals surface area contributed by atoms with Crippen LogP contribution in [0.3, 0.4) is 0 Å². The fourth-order valence-electron chi connectivity index (χ4n) is 3.00. The van der Waals surface area contributed by atoms with Crippen molar-refractivity contribution < 1.29 is 19.0 Å². The van der Waals surface area contributed by atoms with E-state index >= 15 is 0 Å². The molecule has 1 N–H and O–H groups in total. The summed E-state index contributed by atoms with van der Waals surface area (Å²) in [5.41, 5.74) is 1.54. The number of ether oxygens (including phenoxy) is 1. The number of benzene rings is 1. The number of aromatic nitrogens is 2. The van der Waals surface area contributed by atoms with E-state index in [1.54, 1.807) is 12.4 Å². The summed E-state index contributed by atoms with van der Waals surface area (Å²) in [4.78, 5) is 21.9. The maximum Gasteiger partial charge on any atom is 0.325 e. The third-order valence-electron chi connectivity index (χ3n) is 4.29. The zero-order chi connectivity index (χ0) is 17.8. The van der Waals surface area contributed by atoms with E-state index < -0.39 is 12.0 Å². The molecule has 0 bridgehead atoms. The highest BCUT2D eigenvalue weighted by atomic mass is 19.1. The molecule has 132 valence electrons. The van der Waals surface area contributed by atoms with Gasteiger partial charge in [0.05, 0.1) is 0 Å². The smallest absolute Gasteiger partial charge is 0.325 e. The van der Waals surface area contributed by atoms with E-state index in [0.717, 1.165) is 5.56 Å². The molecule has 0 radical (unpaired) electrons. The lowest BCUT2D eigenvalue weighted by Crippen LogP contribution is -2.43. The second-order valence-electron chi connectivity index (χ2n) is 6.19. The quantitative estimate of drug-likeness (QED) is 0.898. The van der Waals surface area contributed by atoms with Crippen LogP contribution in [0.5, 0.6) is 6.01 Å². The molecule has 1 fully saturated rings. The summed E-state index contributed by atoms with van der Waals surface area (Å²) in [5.74, 6) is -1.31. The number of carboxylic acid groups (broad SMARTS) is 1. The number of hydrogen-bond acceptors (Lipinski definition) is 5. The highest BCUT2D eigenvalue weighted by Gasteiger charge is 2.31. The van der Waals surface area contributed by atoms with Crippen LogP contribution in [0, 0.1) is 12.7 Å². The van der Waals surface area contributed by atoms with Gasteiger partial charge >= 0.3 is 12.0 Å². The van der Waals surface area contributed by atoms with E-state index in [9.17, 15) is 14.3 Å². The molecule has 25 heavy (non-hydrogen) atoms. The van der Waals surface area contributed by atoms with Crippen molar-refractivity contribution in [2.24, 2.45) is 0 Å². The largest absolute Gasteiger partial charge is 0.480 e. The average molecular weight is 345 g/mol. The van der Waals surface area contributed by atoms with Gasteiger partial charge in [0.25, 0.3) is 0 Å². The topological polar surface area (TPSA) is 75.5 Å². The van der Waals surface area contributed by atoms with Crippen molar-refractivity contribution in [1.82, 2.24) is 14.9 Å². The van der Waals surface area contributed by atoms with E-state index in [1.807, 2.05) is 11.8 Å². The molecule has 7 heteroatoms. The molecule has 1 saturated heterocycles. The summed E-state index contributed by atoms with van der Waals surface area (Å²) in [6.07, 6.45) is 4.73. The molecule has 6 nitrogen and oxygen atoms in total. The van der Waals surface area contributed by atoms with Crippen LogP contribution in [0.25, 0.3) is 0 Å². The Labute approximate surface area is 145 Å². The summed E-state index contributed by atoms with van der Waals surface area (Å²) >= 11 is 0. The maximum atomic E-state index is 13.1. The van der Waals surface area contributed by atoms with Gasteiger partial charge in [-0.15, -0.1) is 0 Å². The number of aryl methyl sites for hydroxylation is 1. The van der Waals surface area contributed by atoms with Crippen LogP contribution < -0.4 is 4.74 Å². The Kier molecular flexibility index (Phi) is 5.23. The number of likely N-dealkylation sites (tertiary alicyclic amines) is 1. The minimum absolute atomic E-state index is 0.0402. The normalized spacial score (nSPS) is 17.2. The molecule has 0 spiro atoms. The third-order valence-corrected chi connectivity index (χ3v) is 4.29. The van der Waals surface area contributed by atoms with E-state index in [0.29, 0.717) is 37.5 Å². The lowest BCUT2D eigenvalue weighted by molar-refractivity contribution is -0.144. The average Bonchev–Trinajstić information content (AvgIpc) is 2.60. The Morgan fingerprint density at radius 2 is 1.84 bits per heavy atom. The molecule has 1 aliphatic heterocycles. The van der Waals surface area contributed by atoms with Gasteiger partial charge < -0.3 is 9.84 Å². The van der Waals surface area contributed by atoms with Gasteiger partial charge in [-0.05, 0) is 43.0 Å². The Bertz CT molecular complexity index is 713. The first-order valence-corrected chi connectivity index (χ1v) is 8.20. The Hall–Kier alpha value is -2.54. The van der Waals surface area contributed by atoms with Gasteiger partial charge in [0.1, 0.15) is 18.0 Å². The van der Waals surface area contributed by atoms with Crippen molar-refractivity contribution >= 4 is 5.97 Å². The number of carbonyl (C=O) groups is 1. The van der Waals surface area contributed by atoms with E-state index in [-0.39, 0.29) is 11.9 Å². The molecule has 1 aromatic heterocycles. The van der Waals surface area contributed by atoms with Crippen molar-refractivity contribution in [2.45, 2.75) is 31.9 Å². The van der Waals surface area contributed by atoms with Crippen LogP contribution in [0.4, 0.5) is 4.39 Å². The predicted molar refractivity (Wildman–Crippen MR) is 88.8 cm³/mol. The fourth-order valence-corrected chi connectivity index (χ4v) is 3.00. The van der Waals surface area contributed by atoms with Gasteiger partial charge in [0, 0.05) is 25.5 Å². The van der Waals surface area contributed by atoms with Crippen LogP contribution in [0.15, 0.2) is 36.7 Å². The molecule has 2 heterocycles. The maximum absolute atomic E-state index is 13.1. The lowest BCUT2D eigenvalue weighted by atomic mass is 10.0. The highest BCUT2D eigenvalue weighted by molar-refractivity contribution is 5.75. The van der Waals surface area contributed by atoms with Gasteiger partial charge in [-0.1, -0.05) is 12.1 Å². The van der Waals surface area contributed by atoms with E-state index in [2.05, 4.69) is 9.97 Å². The van der Waals surface area contributed by atoms with Crippen molar-refractivity contribution in [3.05, 3.63) is 53.6 Å². The SMILES string of the molecule is Cc1cnc(OC2CCN(C(C(=O)O)c3ccc(F)cc3)CC2)nc1. The van der Waals surface area contributed by atoms with Crippen LogP contribution in [-0.2, 0) is 4.79 Å². The van der Waals surface area contributed by atoms with E-state index in [4.69, 9.17) is 4.74 Å². The Morgan fingerprint density at radius 1 is 1.24 bits per heavy atom. The monoisotopic (exact) mass is 345 g/mol. The molecule has 3 rings (SSSR count). The molecule has 1 atom stereocenters. The second-order valence-corrected chi connectivity index (χ2v) is 6.19. The number of rotatable bonds is 5. The molecule has 0 aliphatic carbocycles. The van der Waals surface area contributed by atoms with Gasteiger partial charge in [-0.25, -0.2) is 14.4 Å². The minimum atomic E-state index is -0.937. The van der Waals surface area contributed by atoms with Crippen molar-refractivity contribution in [3.8, 4) is 6.01 Å². The summed E-state index contributed by atoms with van der Waals surface area (Å²) in [6, 6.07) is 5.19. The minimum Gasteiger partial charge on any atom is -0.480 e. The molecule has 1 unspecified atom stereocenters. The fraction of sp³-hybridized carbons (Fsp3) is 0.389. The highest BCUT2D eigenvalue weighted by Crippen LogP contribution is 2.26. The predicted octanol–water partition coefficient (Wildman–Crippen LogP) is 2.59. The number of hydrogen-bond donors (Lipinski definition) is 1. The summed E-state index contributed by atoms with van der Waals surface area (Å²) in [5, 5.41) is 9.59. The number of nitrogens with zero attached hydrogens (tertiary/aromatic N) is 3.